The summed E-state index contributed by atoms with van der Waals surface area (Å²) in [5.41, 5.74) is 2.08. The third-order valence-corrected chi connectivity index (χ3v) is 4.15. The standard InChI is InChI=1S/C15H17N3S/c1-2-6-13(14-9-5-10-19-14)18-15-16-11-7-3-4-8-12(11)17-15/h3-5,7-10,13H,2,6H2,1H3,(H2,16,17,18). The third kappa shape index (κ3) is 2.63. The van der Waals surface area contributed by atoms with Crippen molar-refractivity contribution in [3.05, 3.63) is 46.7 Å². The zero-order valence-corrected chi connectivity index (χ0v) is 11.7. The molecule has 2 aromatic heterocycles. The summed E-state index contributed by atoms with van der Waals surface area (Å²) in [7, 11) is 0. The normalized spacial score (nSPS) is 12.7. The number of benzene rings is 1. The molecule has 1 unspecified atom stereocenters. The minimum absolute atomic E-state index is 0.338. The second kappa shape index (κ2) is 5.45. The topological polar surface area (TPSA) is 40.7 Å². The number of fused-ring (bicyclic) bond motifs is 1. The summed E-state index contributed by atoms with van der Waals surface area (Å²) in [5.74, 6) is 0.855. The number of hydrogen-bond donors (Lipinski definition) is 2. The van der Waals surface area contributed by atoms with Gasteiger partial charge >= 0.3 is 0 Å². The van der Waals surface area contributed by atoms with Crippen molar-refractivity contribution in [1.29, 1.82) is 0 Å². The molecule has 0 saturated heterocycles. The zero-order valence-electron chi connectivity index (χ0n) is 10.9. The van der Waals surface area contributed by atoms with Gasteiger partial charge in [0, 0.05) is 4.88 Å². The van der Waals surface area contributed by atoms with Crippen molar-refractivity contribution in [2.24, 2.45) is 0 Å². The maximum Gasteiger partial charge on any atom is 0.201 e. The van der Waals surface area contributed by atoms with Gasteiger partial charge < -0.3 is 10.3 Å². The van der Waals surface area contributed by atoms with Gasteiger partial charge in [-0.2, -0.15) is 0 Å². The van der Waals surface area contributed by atoms with Crippen molar-refractivity contribution >= 4 is 28.3 Å². The van der Waals surface area contributed by atoms with Gasteiger partial charge in [-0.05, 0) is 30.0 Å². The van der Waals surface area contributed by atoms with Crippen LogP contribution in [0.4, 0.5) is 5.95 Å². The zero-order chi connectivity index (χ0) is 13.1. The van der Waals surface area contributed by atoms with E-state index in [2.05, 4.69) is 39.7 Å². The Kier molecular flexibility index (Phi) is 3.51. The third-order valence-electron chi connectivity index (χ3n) is 3.16. The van der Waals surface area contributed by atoms with Gasteiger partial charge in [0.15, 0.2) is 0 Å². The first kappa shape index (κ1) is 12.2. The molecule has 0 aliphatic carbocycles. The molecule has 0 fully saturated rings. The van der Waals surface area contributed by atoms with E-state index in [0.29, 0.717) is 6.04 Å². The van der Waals surface area contributed by atoms with Crippen molar-refractivity contribution in [3.63, 3.8) is 0 Å². The average molecular weight is 271 g/mol. The molecule has 2 N–H and O–H groups in total. The Morgan fingerprint density at radius 2 is 2.16 bits per heavy atom. The highest BCUT2D eigenvalue weighted by molar-refractivity contribution is 7.10. The van der Waals surface area contributed by atoms with Crippen molar-refractivity contribution in [2.45, 2.75) is 25.8 Å². The Labute approximate surface area is 116 Å². The molecule has 4 heteroatoms. The van der Waals surface area contributed by atoms with Crippen LogP contribution in [0.1, 0.15) is 30.7 Å². The number of rotatable bonds is 5. The molecule has 3 rings (SSSR count). The number of aromatic amines is 1. The molecular formula is C15H17N3S. The predicted octanol–water partition coefficient (Wildman–Crippen LogP) is 4.58. The lowest BCUT2D eigenvalue weighted by molar-refractivity contribution is 0.682. The monoisotopic (exact) mass is 271 g/mol. The van der Waals surface area contributed by atoms with Crippen LogP contribution in [0.25, 0.3) is 11.0 Å². The molecular weight excluding hydrogens is 254 g/mol. The number of para-hydroxylation sites is 2. The van der Waals surface area contributed by atoms with Crippen LogP contribution in [0.15, 0.2) is 41.8 Å². The van der Waals surface area contributed by atoms with E-state index in [1.54, 1.807) is 11.3 Å². The summed E-state index contributed by atoms with van der Waals surface area (Å²) >= 11 is 1.79. The van der Waals surface area contributed by atoms with E-state index in [1.165, 1.54) is 4.88 Å². The number of aromatic nitrogens is 2. The number of anilines is 1. The second-order valence-electron chi connectivity index (χ2n) is 4.60. The maximum absolute atomic E-state index is 4.58. The molecule has 3 aromatic rings. The Morgan fingerprint density at radius 1 is 1.26 bits per heavy atom. The first-order valence-electron chi connectivity index (χ1n) is 6.61. The Morgan fingerprint density at radius 3 is 2.89 bits per heavy atom. The van der Waals surface area contributed by atoms with E-state index in [0.717, 1.165) is 29.8 Å². The quantitative estimate of drug-likeness (QED) is 0.713. The number of nitrogens with one attached hydrogen (secondary N) is 2. The number of nitrogens with zero attached hydrogens (tertiary/aromatic N) is 1. The number of thiophene rings is 1. The summed E-state index contributed by atoms with van der Waals surface area (Å²) < 4.78 is 0. The van der Waals surface area contributed by atoms with E-state index < -0.39 is 0 Å². The Balaban J connectivity index is 1.85. The van der Waals surface area contributed by atoms with Crippen LogP contribution in [0.2, 0.25) is 0 Å². The fourth-order valence-corrected chi connectivity index (χ4v) is 3.06. The summed E-state index contributed by atoms with van der Waals surface area (Å²) in [6, 6.07) is 12.7. The fourth-order valence-electron chi connectivity index (χ4n) is 2.25. The van der Waals surface area contributed by atoms with Gasteiger partial charge in [-0.1, -0.05) is 31.5 Å². The minimum Gasteiger partial charge on any atom is -0.348 e. The highest BCUT2D eigenvalue weighted by Crippen LogP contribution is 2.27. The van der Waals surface area contributed by atoms with Crippen LogP contribution < -0.4 is 5.32 Å². The van der Waals surface area contributed by atoms with Crippen molar-refractivity contribution < 1.29 is 0 Å². The van der Waals surface area contributed by atoms with Gasteiger partial charge in [0.2, 0.25) is 5.95 Å². The Bertz CT molecular complexity index is 609. The highest BCUT2D eigenvalue weighted by Gasteiger charge is 2.13. The van der Waals surface area contributed by atoms with Crippen molar-refractivity contribution in [1.82, 2.24) is 9.97 Å². The second-order valence-corrected chi connectivity index (χ2v) is 5.58. The lowest BCUT2D eigenvalue weighted by Gasteiger charge is -2.15. The SMILES string of the molecule is CCCC(Nc1nc2ccccc2[nH]1)c1cccs1. The van der Waals surface area contributed by atoms with Crippen LogP contribution in [0, 0.1) is 0 Å². The molecule has 19 heavy (non-hydrogen) atoms. The maximum atomic E-state index is 4.58. The molecule has 3 nitrogen and oxygen atoms in total. The van der Waals surface area contributed by atoms with Gasteiger partial charge in [0.1, 0.15) is 0 Å². The van der Waals surface area contributed by atoms with Gasteiger partial charge in [0.25, 0.3) is 0 Å². The van der Waals surface area contributed by atoms with Crippen LogP contribution >= 0.6 is 11.3 Å². The molecule has 2 heterocycles. The summed E-state index contributed by atoms with van der Waals surface area (Å²) in [5, 5.41) is 5.64. The van der Waals surface area contributed by atoms with E-state index >= 15 is 0 Å². The molecule has 0 bridgehead atoms. The van der Waals surface area contributed by atoms with Gasteiger partial charge in [-0.3, -0.25) is 0 Å². The lowest BCUT2D eigenvalue weighted by Crippen LogP contribution is -2.10. The van der Waals surface area contributed by atoms with Crippen LogP contribution in [-0.2, 0) is 0 Å². The summed E-state index contributed by atoms with van der Waals surface area (Å²) in [6.07, 6.45) is 2.26. The smallest absolute Gasteiger partial charge is 0.201 e. The van der Waals surface area contributed by atoms with E-state index in [-0.39, 0.29) is 0 Å². The first-order chi connectivity index (χ1) is 9.36. The van der Waals surface area contributed by atoms with Gasteiger partial charge in [-0.25, -0.2) is 4.98 Å². The van der Waals surface area contributed by atoms with Crippen molar-refractivity contribution in [3.8, 4) is 0 Å². The molecule has 1 atom stereocenters. The number of hydrogen-bond acceptors (Lipinski definition) is 3. The van der Waals surface area contributed by atoms with Crippen molar-refractivity contribution in [2.75, 3.05) is 5.32 Å². The largest absolute Gasteiger partial charge is 0.348 e. The predicted molar refractivity (Wildman–Crippen MR) is 81.7 cm³/mol. The highest BCUT2D eigenvalue weighted by atomic mass is 32.1. The average Bonchev–Trinajstić information content (AvgIpc) is 3.07. The summed E-state index contributed by atoms with van der Waals surface area (Å²) in [4.78, 5) is 9.27. The van der Waals surface area contributed by atoms with Gasteiger partial charge in [-0.15, -0.1) is 11.3 Å². The minimum atomic E-state index is 0.338. The molecule has 0 saturated carbocycles. The molecule has 0 spiro atoms. The molecule has 1 aromatic carbocycles. The fraction of sp³-hybridized carbons (Fsp3) is 0.267. The van der Waals surface area contributed by atoms with Gasteiger partial charge in [0.05, 0.1) is 17.1 Å². The number of H-pyrrole nitrogens is 1. The molecule has 0 aliphatic rings. The van der Waals surface area contributed by atoms with E-state index in [4.69, 9.17) is 0 Å². The first-order valence-corrected chi connectivity index (χ1v) is 7.49. The Hall–Kier alpha value is -1.81. The molecule has 98 valence electrons. The molecule has 0 radical (unpaired) electrons. The molecule has 0 aliphatic heterocycles. The van der Waals surface area contributed by atoms with Crippen LogP contribution in [-0.4, -0.2) is 9.97 Å². The summed E-state index contributed by atoms with van der Waals surface area (Å²) in [6.45, 7) is 2.21. The lowest BCUT2D eigenvalue weighted by atomic mass is 10.1. The molecule has 0 amide bonds. The number of imidazole rings is 1. The van der Waals surface area contributed by atoms with E-state index in [9.17, 15) is 0 Å². The van der Waals surface area contributed by atoms with E-state index in [1.807, 2.05) is 24.3 Å². The van der Waals surface area contributed by atoms with Crippen LogP contribution in [0.5, 0.6) is 0 Å². The van der Waals surface area contributed by atoms with Crippen LogP contribution in [0.3, 0.4) is 0 Å².